The van der Waals surface area contributed by atoms with Crippen molar-refractivity contribution in [1.82, 2.24) is 5.32 Å². The Hall–Kier alpha value is -2.56. The van der Waals surface area contributed by atoms with Crippen molar-refractivity contribution >= 4 is 28.3 Å². The number of carboxylic acid groups (broad SMARTS) is 1. The number of hydrogen-bond donors (Lipinski definition) is 3. The highest BCUT2D eigenvalue weighted by atomic mass is 16.4. The van der Waals surface area contributed by atoms with Gasteiger partial charge in [0.05, 0.1) is 5.56 Å². The fraction of sp³-hybridized carbons (Fsp3) is 0.0769. The van der Waals surface area contributed by atoms with Crippen molar-refractivity contribution in [2.24, 2.45) is 0 Å². The van der Waals surface area contributed by atoms with Gasteiger partial charge < -0.3 is 16.2 Å². The van der Waals surface area contributed by atoms with Gasteiger partial charge in [0.2, 0.25) is 0 Å². The molecule has 5 heteroatoms. The van der Waals surface area contributed by atoms with Crippen molar-refractivity contribution in [3.63, 3.8) is 0 Å². The van der Waals surface area contributed by atoms with Gasteiger partial charge >= 0.3 is 5.97 Å². The molecule has 0 saturated carbocycles. The van der Waals surface area contributed by atoms with Gasteiger partial charge in [0.15, 0.2) is 0 Å². The zero-order chi connectivity index (χ0) is 13.1. The second-order valence-electron chi connectivity index (χ2n) is 3.86. The van der Waals surface area contributed by atoms with E-state index in [0.717, 1.165) is 10.8 Å². The van der Waals surface area contributed by atoms with Crippen molar-refractivity contribution < 1.29 is 14.7 Å². The normalized spacial score (nSPS) is 10.2. The molecule has 1 amide bonds. The molecule has 0 saturated heterocycles. The average Bonchev–Trinajstić information content (AvgIpc) is 2.35. The minimum atomic E-state index is -1.09. The van der Waals surface area contributed by atoms with E-state index in [4.69, 9.17) is 10.8 Å². The molecule has 0 atom stereocenters. The van der Waals surface area contributed by atoms with E-state index in [1.54, 1.807) is 12.1 Å². The highest BCUT2D eigenvalue weighted by molar-refractivity contribution is 6.04. The molecular weight excluding hydrogens is 232 g/mol. The van der Waals surface area contributed by atoms with Crippen LogP contribution in [0.2, 0.25) is 0 Å². The van der Waals surface area contributed by atoms with Gasteiger partial charge in [-0.2, -0.15) is 0 Å². The van der Waals surface area contributed by atoms with Gasteiger partial charge in [0.1, 0.15) is 6.54 Å². The number of carbonyl (C=O) groups excluding carboxylic acids is 1. The van der Waals surface area contributed by atoms with Crippen molar-refractivity contribution in [3.05, 3.63) is 42.0 Å². The van der Waals surface area contributed by atoms with Gasteiger partial charge in [-0.05, 0) is 22.9 Å². The standard InChI is InChI=1S/C13H12N2O3/c14-11-6-9-4-2-1-3-8(9)5-10(11)13(18)15-7-12(16)17/h1-6H,7,14H2,(H,15,18)(H,16,17). The Labute approximate surface area is 103 Å². The smallest absolute Gasteiger partial charge is 0.322 e. The first-order valence-electron chi connectivity index (χ1n) is 5.36. The largest absolute Gasteiger partial charge is 0.480 e. The summed E-state index contributed by atoms with van der Waals surface area (Å²) in [6, 6.07) is 10.9. The van der Waals surface area contributed by atoms with Crippen molar-refractivity contribution in [2.45, 2.75) is 0 Å². The molecule has 0 radical (unpaired) electrons. The molecule has 0 aromatic heterocycles. The van der Waals surface area contributed by atoms with Crippen LogP contribution in [0.1, 0.15) is 10.4 Å². The number of benzene rings is 2. The molecule has 92 valence electrons. The monoisotopic (exact) mass is 244 g/mol. The zero-order valence-electron chi connectivity index (χ0n) is 9.51. The number of nitrogen functional groups attached to an aromatic ring is 1. The van der Waals surface area contributed by atoms with E-state index >= 15 is 0 Å². The quantitative estimate of drug-likeness (QED) is 0.708. The Bertz CT molecular complexity index is 623. The SMILES string of the molecule is Nc1cc2ccccc2cc1C(=O)NCC(=O)O. The number of rotatable bonds is 3. The summed E-state index contributed by atoms with van der Waals surface area (Å²) in [5.74, 6) is -1.58. The van der Waals surface area contributed by atoms with Gasteiger partial charge in [-0.15, -0.1) is 0 Å². The number of nitrogens with one attached hydrogen (secondary N) is 1. The number of carboxylic acids is 1. The van der Waals surface area contributed by atoms with E-state index in [2.05, 4.69) is 5.32 Å². The topological polar surface area (TPSA) is 92.4 Å². The number of amides is 1. The molecule has 0 fully saturated rings. The van der Waals surface area contributed by atoms with Gasteiger partial charge in [0.25, 0.3) is 5.91 Å². The van der Waals surface area contributed by atoms with Gasteiger partial charge in [0, 0.05) is 5.69 Å². The maximum Gasteiger partial charge on any atom is 0.322 e. The first-order valence-corrected chi connectivity index (χ1v) is 5.36. The zero-order valence-corrected chi connectivity index (χ0v) is 9.51. The van der Waals surface area contributed by atoms with Crippen LogP contribution in [0, 0.1) is 0 Å². The van der Waals surface area contributed by atoms with E-state index in [0.29, 0.717) is 5.69 Å². The summed E-state index contributed by atoms with van der Waals surface area (Å²) < 4.78 is 0. The molecule has 0 aliphatic heterocycles. The number of fused-ring (bicyclic) bond motifs is 1. The fourth-order valence-corrected chi connectivity index (χ4v) is 1.71. The summed E-state index contributed by atoms with van der Waals surface area (Å²) in [6.07, 6.45) is 0. The van der Waals surface area contributed by atoms with E-state index in [9.17, 15) is 9.59 Å². The van der Waals surface area contributed by atoms with Crippen LogP contribution in [0.4, 0.5) is 5.69 Å². The average molecular weight is 244 g/mol. The molecular formula is C13H12N2O3. The van der Waals surface area contributed by atoms with E-state index in [1.165, 1.54) is 0 Å². The van der Waals surface area contributed by atoms with E-state index in [-0.39, 0.29) is 5.56 Å². The van der Waals surface area contributed by atoms with Crippen LogP contribution >= 0.6 is 0 Å². The molecule has 0 bridgehead atoms. The highest BCUT2D eigenvalue weighted by Crippen LogP contribution is 2.21. The third-order valence-electron chi connectivity index (χ3n) is 2.56. The number of anilines is 1. The van der Waals surface area contributed by atoms with Crippen LogP contribution in [0.25, 0.3) is 10.8 Å². The maximum atomic E-state index is 11.8. The molecule has 4 N–H and O–H groups in total. The molecule has 0 unspecified atom stereocenters. The number of carbonyl (C=O) groups is 2. The molecule has 2 rings (SSSR count). The molecule has 0 aliphatic rings. The summed E-state index contributed by atoms with van der Waals surface area (Å²) in [4.78, 5) is 22.1. The lowest BCUT2D eigenvalue weighted by Gasteiger charge is -2.07. The van der Waals surface area contributed by atoms with Crippen LogP contribution in [-0.4, -0.2) is 23.5 Å². The summed E-state index contributed by atoms with van der Waals surface area (Å²) in [7, 11) is 0. The molecule has 18 heavy (non-hydrogen) atoms. The van der Waals surface area contributed by atoms with E-state index in [1.807, 2.05) is 24.3 Å². The minimum Gasteiger partial charge on any atom is -0.480 e. The van der Waals surface area contributed by atoms with Crippen LogP contribution < -0.4 is 11.1 Å². The minimum absolute atomic E-state index is 0.287. The molecule has 0 heterocycles. The van der Waals surface area contributed by atoms with E-state index < -0.39 is 18.4 Å². The lowest BCUT2D eigenvalue weighted by atomic mass is 10.0. The lowest BCUT2D eigenvalue weighted by Crippen LogP contribution is -2.29. The van der Waals surface area contributed by atoms with Crippen molar-refractivity contribution in [1.29, 1.82) is 0 Å². The number of nitrogens with two attached hydrogens (primary N) is 1. The first-order chi connectivity index (χ1) is 8.58. The predicted molar refractivity (Wildman–Crippen MR) is 68.3 cm³/mol. The summed E-state index contributed by atoms with van der Waals surface area (Å²) in [5.41, 5.74) is 6.40. The highest BCUT2D eigenvalue weighted by Gasteiger charge is 2.11. The second-order valence-corrected chi connectivity index (χ2v) is 3.86. The number of aliphatic carboxylic acids is 1. The van der Waals surface area contributed by atoms with Gasteiger partial charge in [-0.1, -0.05) is 24.3 Å². The molecule has 0 spiro atoms. The van der Waals surface area contributed by atoms with Crippen LogP contribution in [0.5, 0.6) is 0 Å². The van der Waals surface area contributed by atoms with Crippen LogP contribution in [0.15, 0.2) is 36.4 Å². The Balaban J connectivity index is 2.35. The Morgan fingerprint density at radius 3 is 2.39 bits per heavy atom. The summed E-state index contributed by atoms with van der Waals surface area (Å²) >= 11 is 0. The Kier molecular flexibility index (Phi) is 3.14. The van der Waals surface area contributed by atoms with Crippen molar-refractivity contribution in [3.8, 4) is 0 Å². The lowest BCUT2D eigenvalue weighted by molar-refractivity contribution is -0.135. The Morgan fingerprint density at radius 1 is 1.17 bits per heavy atom. The van der Waals surface area contributed by atoms with Crippen LogP contribution in [0.3, 0.4) is 0 Å². The third kappa shape index (κ3) is 2.40. The summed E-state index contributed by atoms with van der Waals surface area (Å²) in [5, 5.41) is 12.6. The van der Waals surface area contributed by atoms with Crippen molar-refractivity contribution in [2.75, 3.05) is 12.3 Å². The van der Waals surface area contributed by atoms with Crippen LogP contribution in [-0.2, 0) is 4.79 Å². The second kappa shape index (κ2) is 4.75. The van der Waals surface area contributed by atoms with Gasteiger partial charge in [-0.3, -0.25) is 9.59 Å². The Morgan fingerprint density at radius 2 is 1.78 bits per heavy atom. The predicted octanol–water partition coefficient (Wildman–Crippen LogP) is 1.24. The number of hydrogen-bond acceptors (Lipinski definition) is 3. The fourth-order valence-electron chi connectivity index (χ4n) is 1.71. The molecule has 2 aromatic rings. The molecule has 2 aromatic carbocycles. The third-order valence-corrected chi connectivity index (χ3v) is 2.56. The summed E-state index contributed by atoms with van der Waals surface area (Å²) in [6.45, 7) is -0.425. The molecule has 5 nitrogen and oxygen atoms in total. The maximum absolute atomic E-state index is 11.8. The molecule has 0 aliphatic carbocycles. The van der Waals surface area contributed by atoms with Gasteiger partial charge in [-0.25, -0.2) is 0 Å². The first kappa shape index (κ1) is 11.9.